The number of nitrogens with one attached hydrogen (secondary N) is 1. The molecule has 0 aliphatic rings. The van der Waals surface area contributed by atoms with Crippen LogP contribution in [-0.4, -0.2) is 15.0 Å². The highest BCUT2D eigenvalue weighted by molar-refractivity contribution is 6.28. The summed E-state index contributed by atoms with van der Waals surface area (Å²) in [6.07, 6.45) is 0. The van der Waals surface area contributed by atoms with Crippen molar-refractivity contribution in [3.05, 3.63) is 64.4 Å². The van der Waals surface area contributed by atoms with E-state index in [0.29, 0.717) is 11.3 Å². The summed E-state index contributed by atoms with van der Waals surface area (Å²) in [6, 6.07) is 14.9. The largest absolute Gasteiger partial charge is 0.424 e. The maximum atomic E-state index is 8.84. The molecule has 0 fully saturated rings. The van der Waals surface area contributed by atoms with Crippen LogP contribution in [0, 0.1) is 25.2 Å². The number of hydrogen-bond acceptors (Lipinski definition) is 6. The van der Waals surface area contributed by atoms with Crippen molar-refractivity contribution in [2.75, 3.05) is 5.32 Å². The van der Waals surface area contributed by atoms with Gasteiger partial charge < -0.3 is 10.1 Å². The molecule has 0 radical (unpaired) electrons. The Labute approximate surface area is 163 Å². The molecule has 2 aromatic carbocycles. The Balaban J connectivity index is 0.00000126. The third kappa shape index (κ3) is 5.40. The molecule has 0 aliphatic carbocycles. The molecule has 0 aliphatic heterocycles. The first-order chi connectivity index (χ1) is 13.0. The first-order valence-electron chi connectivity index (χ1n) is 8.48. The van der Waals surface area contributed by atoms with Crippen LogP contribution in [-0.2, 0) is 0 Å². The molecular weight excluding hydrogens is 362 g/mol. The van der Waals surface area contributed by atoms with Crippen LogP contribution in [0.4, 0.5) is 11.6 Å². The average molecular weight is 382 g/mol. The Kier molecular flexibility index (Phi) is 7.09. The van der Waals surface area contributed by atoms with Crippen LogP contribution in [0.3, 0.4) is 0 Å². The van der Waals surface area contributed by atoms with E-state index in [4.69, 9.17) is 21.6 Å². The van der Waals surface area contributed by atoms with Gasteiger partial charge in [-0.25, -0.2) is 0 Å². The van der Waals surface area contributed by atoms with E-state index < -0.39 is 0 Å². The summed E-state index contributed by atoms with van der Waals surface area (Å²) in [7, 11) is 0. The van der Waals surface area contributed by atoms with Crippen LogP contribution < -0.4 is 10.1 Å². The number of aromatic nitrogens is 3. The minimum atomic E-state index is 0.0207. The summed E-state index contributed by atoms with van der Waals surface area (Å²) in [5.74, 6) is 0.944. The molecule has 3 aromatic rings. The number of hydrogen-bond donors (Lipinski definition) is 1. The normalized spacial score (nSPS) is 9.63. The molecule has 1 heterocycles. The molecule has 0 unspecified atom stereocenters. The zero-order chi connectivity index (χ0) is 19.8. The van der Waals surface area contributed by atoms with Gasteiger partial charge in [-0.2, -0.15) is 20.2 Å². The third-order valence-electron chi connectivity index (χ3n) is 3.46. The summed E-state index contributed by atoms with van der Waals surface area (Å²) in [6.45, 7) is 7.89. The number of halogens is 1. The van der Waals surface area contributed by atoms with Gasteiger partial charge in [0.1, 0.15) is 5.75 Å². The topological polar surface area (TPSA) is 83.7 Å². The van der Waals surface area contributed by atoms with E-state index in [1.54, 1.807) is 24.3 Å². The van der Waals surface area contributed by atoms with Gasteiger partial charge in [0.15, 0.2) is 0 Å². The van der Waals surface area contributed by atoms with Gasteiger partial charge in [-0.15, -0.1) is 0 Å². The van der Waals surface area contributed by atoms with E-state index in [2.05, 4.69) is 26.3 Å². The van der Waals surface area contributed by atoms with Gasteiger partial charge in [-0.3, -0.25) is 0 Å². The molecule has 0 saturated carbocycles. The van der Waals surface area contributed by atoms with Crippen LogP contribution in [0.15, 0.2) is 42.5 Å². The number of benzene rings is 2. The lowest BCUT2D eigenvalue weighted by Gasteiger charge is -2.11. The average Bonchev–Trinajstić information content (AvgIpc) is 2.67. The zero-order valence-corrected chi connectivity index (χ0v) is 16.4. The van der Waals surface area contributed by atoms with Crippen LogP contribution in [0.5, 0.6) is 11.8 Å². The van der Waals surface area contributed by atoms with Crippen LogP contribution in [0.2, 0.25) is 5.28 Å². The predicted octanol–water partition coefficient (Wildman–Crippen LogP) is 5.58. The maximum Gasteiger partial charge on any atom is 0.328 e. The maximum absolute atomic E-state index is 8.84. The van der Waals surface area contributed by atoms with E-state index in [-0.39, 0.29) is 17.2 Å². The van der Waals surface area contributed by atoms with Crippen molar-refractivity contribution in [1.82, 2.24) is 15.0 Å². The molecule has 138 valence electrons. The number of para-hydroxylation sites is 1. The van der Waals surface area contributed by atoms with Gasteiger partial charge >= 0.3 is 6.01 Å². The van der Waals surface area contributed by atoms with Gasteiger partial charge in [0.05, 0.1) is 11.6 Å². The van der Waals surface area contributed by atoms with Crippen molar-refractivity contribution in [2.24, 2.45) is 0 Å². The minimum absolute atomic E-state index is 0.0207. The second-order valence-corrected chi connectivity index (χ2v) is 5.69. The lowest BCUT2D eigenvalue weighted by Crippen LogP contribution is -2.02. The van der Waals surface area contributed by atoms with Gasteiger partial charge in [0.25, 0.3) is 0 Å². The van der Waals surface area contributed by atoms with Crippen molar-refractivity contribution in [2.45, 2.75) is 27.7 Å². The number of anilines is 2. The van der Waals surface area contributed by atoms with E-state index in [1.807, 2.05) is 45.9 Å². The zero-order valence-electron chi connectivity index (χ0n) is 15.6. The van der Waals surface area contributed by atoms with Gasteiger partial charge in [0.2, 0.25) is 11.2 Å². The summed E-state index contributed by atoms with van der Waals surface area (Å²) >= 11 is 5.98. The molecular formula is C20H20ClN5O. The lowest BCUT2D eigenvalue weighted by atomic mass is 10.1. The molecule has 0 saturated heterocycles. The number of nitrogens with zero attached hydrogens (tertiary/aromatic N) is 4. The van der Waals surface area contributed by atoms with Crippen molar-refractivity contribution < 1.29 is 4.74 Å². The van der Waals surface area contributed by atoms with Crippen molar-refractivity contribution in [3.63, 3.8) is 0 Å². The first kappa shape index (κ1) is 20.1. The van der Waals surface area contributed by atoms with Crippen molar-refractivity contribution >= 4 is 23.2 Å². The van der Waals surface area contributed by atoms with Gasteiger partial charge in [-0.05, 0) is 60.8 Å². The molecule has 3 rings (SSSR count). The molecule has 7 heteroatoms. The first-order valence-corrected chi connectivity index (χ1v) is 8.86. The molecule has 0 spiro atoms. The molecule has 6 nitrogen and oxygen atoms in total. The molecule has 1 N–H and O–H groups in total. The fourth-order valence-electron chi connectivity index (χ4n) is 2.24. The third-order valence-corrected chi connectivity index (χ3v) is 3.63. The smallest absolute Gasteiger partial charge is 0.328 e. The highest BCUT2D eigenvalue weighted by atomic mass is 35.5. The summed E-state index contributed by atoms with van der Waals surface area (Å²) < 4.78 is 5.81. The Morgan fingerprint density at radius 1 is 0.963 bits per heavy atom. The van der Waals surface area contributed by atoms with Gasteiger partial charge in [-0.1, -0.05) is 32.0 Å². The van der Waals surface area contributed by atoms with Crippen LogP contribution in [0.1, 0.15) is 30.5 Å². The Morgan fingerprint density at radius 2 is 1.59 bits per heavy atom. The number of ether oxygens (including phenoxy) is 1. The molecule has 1 aromatic heterocycles. The Morgan fingerprint density at radius 3 is 2.19 bits per heavy atom. The second-order valence-electron chi connectivity index (χ2n) is 5.35. The number of nitriles is 1. The van der Waals surface area contributed by atoms with Crippen LogP contribution in [0.25, 0.3) is 0 Å². The van der Waals surface area contributed by atoms with E-state index >= 15 is 0 Å². The van der Waals surface area contributed by atoms with Crippen molar-refractivity contribution in [1.29, 1.82) is 5.26 Å². The molecule has 27 heavy (non-hydrogen) atoms. The van der Waals surface area contributed by atoms with E-state index in [9.17, 15) is 0 Å². The van der Waals surface area contributed by atoms with Crippen LogP contribution >= 0.6 is 11.6 Å². The number of aryl methyl sites for hydroxylation is 2. The molecule has 0 bridgehead atoms. The minimum Gasteiger partial charge on any atom is -0.424 e. The second kappa shape index (κ2) is 9.51. The lowest BCUT2D eigenvalue weighted by molar-refractivity contribution is 0.434. The summed E-state index contributed by atoms with van der Waals surface area (Å²) in [5, 5.41) is 11.9. The highest BCUT2D eigenvalue weighted by Crippen LogP contribution is 2.27. The Bertz CT molecular complexity index is 931. The summed E-state index contributed by atoms with van der Waals surface area (Å²) in [4.78, 5) is 12.3. The fraction of sp³-hybridized carbons (Fsp3) is 0.200. The van der Waals surface area contributed by atoms with Crippen molar-refractivity contribution in [3.8, 4) is 17.8 Å². The standard InChI is InChI=1S/C18H14ClN5O.C2H6/c1-11-4-3-5-12(2)15(11)25-18-23-16(19)22-17(24-18)21-14-8-6-13(10-20)7-9-14;1-2/h3-9H,1-2H3,(H,21,22,23,24);1-2H3. The SMILES string of the molecule is CC.Cc1cccc(C)c1Oc1nc(Cl)nc(Nc2ccc(C#N)cc2)n1. The van der Waals surface area contributed by atoms with E-state index in [1.165, 1.54) is 0 Å². The molecule has 0 atom stereocenters. The van der Waals surface area contributed by atoms with Gasteiger partial charge in [0, 0.05) is 5.69 Å². The number of rotatable bonds is 4. The van der Waals surface area contributed by atoms with E-state index in [0.717, 1.165) is 16.8 Å². The highest BCUT2D eigenvalue weighted by Gasteiger charge is 2.11. The quantitative estimate of drug-likeness (QED) is 0.635. The predicted molar refractivity (Wildman–Crippen MR) is 107 cm³/mol. The Hall–Kier alpha value is -3.17. The summed E-state index contributed by atoms with van der Waals surface area (Å²) in [5.41, 5.74) is 3.23. The monoisotopic (exact) mass is 381 g/mol. The molecule has 0 amide bonds. The fourth-order valence-corrected chi connectivity index (χ4v) is 2.39.